The number of fused-ring (bicyclic) bond motifs is 1. The number of hydrogen-bond acceptors (Lipinski definition) is 2. The Morgan fingerprint density at radius 2 is 1.70 bits per heavy atom. The van der Waals surface area contributed by atoms with Crippen molar-refractivity contribution in [3.05, 3.63) is 59.2 Å². The Kier molecular flexibility index (Phi) is 3.86. The Labute approximate surface area is 120 Å². The maximum atomic E-state index is 5.48. The Morgan fingerprint density at radius 3 is 2.40 bits per heavy atom. The average Bonchev–Trinajstić information content (AvgIpc) is 2.96. The Hall–Kier alpha value is -1.64. The zero-order valence-corrected chi connectivity index (χ0v) is 12.1. The lowest BCUT2D eigenvalue weighted by Crippen LogP contribution is -2.14. The second-order valence-corrected chi connectivity index (χ2v) is 5.35. The van der Waals surface area contributed by atoms with E-state index >= 15 is 0 Å². The van der Waals surface area contributed by atoms with Crippen molar-refractivity contribution >= 4 is 0 Å². The molecule has 0 bridgehead atoms. The summed E-state index contributed by atoms with van der Waals surface area (Å²) in [5, 5.41) is 3.34. The van der Waals surface area contributed by atoms with Crippen LogP contribution in [0.4, 0.5) is 0 Å². The van der Waals surface area contributed by atoms with Gasteiger partial charge in [-0.05, 0) is 47.4 Å². The predicted molar refractivity (Wildman–Crippen MR) is 82.5 cm³/mol. The molecule has 1 N–H and O–H groups in total. The van der Waals surface area contributed by atoms with Crippen LogP contribution in [0.25, 0.3) is 11.1 Å². The van der Waals surface area contributed by atoms with Gasteiger partial charge in [-0.2, -0.15) is 0 Å². The summed E-state index contributed by atoms with van der Waals surface area (Å²) >= 11 is 0. The first kappa shape index (κ1) is 13.3. The molecule has 1 aliphatic heterocycles. The van der Waals surface area contributed by atoms with E-state index in [-0.39, 0.29) is 0 Å². The molecule has 0 spiro atoms. The SMILES string of the molecule is CCC(NC)c1ccc(-c2ccc3c(c2)COC3)cc1. The van der Waals surface area contributed by atoms with Crippen molar-refractivity contribution in [1.29, 1.82) is 0 Å². The lowest BCUT2D eigenvalue weighted by molar-refractivity contribution is 0.134. The molecule has 0 aliphatic carbocycles. The average molecular weight is 267 g/mol. The van der Waals surface area contributed by atoms with Gasteiger partial charge >= 0.3 is 0 Å². The van der Waals surface area contributed by atoms with Crippen LogP contribution >= 0.6 is 0 Å². The number of rotatable bonds is 4. The molecule has 0 aromatic heterocycles. The second-order valence-electron chi connectivity index (χ2n) is 5.35. The monoisotopic (exact) mass is 267 g/mol. The second kappa shape index (κ2) is 5.78. The van der Waals surface area contributed by atoms with Crippen molar-refractivity contribution in [3.63, 3.8) is 0 Å². The molecule has 2 aromatic carbocycles. The molecule has 1 atom stereocenters. The molecule has 1 aliphatic rings. The minimum absolute atomic E-state index is 0.442. The zero-order chi connectivity index (χ0) is 13.9. The molecule has 104 valence electrons. The van der Waals surface area contributed by atoms with E-state index in [1.165, 1.54) is 27.8 Å². The third kappa shape index (κ3) is 2.49. The molecular formula is C18H21NO. The standard InChI is InChI=1S/C18H21NO/c1-3-18(19-2)14-6-4-13(5-7-14)15-8-9-16-11-20-12-17(16)10-15/h4-10,18-19H,3,11-12H2,1-2H3. The van der Waals surface area contributed by atoms with Crippen LogP contribution in [-0.4, -0.2) is 7.05 Å². The first-order valence-electron chi connectivity index (χ1n) is 7.29. The topological polar surface area (TPSA) is 21.3 Å². The lowest BCUT2D eigenvalue weighted by atomic mass is 9.97. The van der Waals surface area contributed by atoms with Gasteiger partial charge in [0.1, 0.15) is 0 Å². The molecule has 1 unspecified atom stereocenters. The maximum Gasteiger partial charge on any atom is 0.0725 e. The number of benzene rings is 2. The molecular weight excluding hydrogens is 246 g/mol. The van der Waals surface area contributed by atoms with E-state index in [4.69, 9.17) is 4.74 Å². The van der Waals surface area contributed by atoms with Gasteiger partial charge in [-0.1, -0.05) is 43.3 Å². The van der Waals surface area contributed by atoms with E-state index in [9.17, 15) is 0 Å². The molecule has 1 heterocycles. The van der Waals surface area contributed by atoms with Crippen molar-refractivity contribution in [2.45, 2.75) is 32.6 Å². The van der Waals surface area contributed by atoms with Crippen LogP contribution < -0.4 is 5.32 Å². The van der Waals surface area contributed by atoms with Crippen LogP contribution in [0, 0.1) is 0 Å². The Balaban J connectivity index is 1.87. The first-order valence-corrected chi connectivity index (χ1v) is 7.29. The van der Waals surface area contributed by atoms with Gasteiger partial charge in [-0.3, -0.25) is 0 Å². The highest BCUT2D eigenvalue weighted by atomic mass is 16.5. The molecule has 3 rings (SSSR count). The maximum absolute atomic E-state index is 5.48. The highest BCUT2D eigenvalue weighted by molar-refractivity contribution is 5.65. The van der Waals surface area contributed by atoms with Crippen LogP contribution in [0.1, 0.15) is 36.1 Å². The Bertz CT molecular complexity index is 585. The number of nitrogens with one attached hydrogen (secondary N) is 1. The van der Waals surface area contributed by atoms with Gasteiger partial charge in [-0.15, -0.1) is 0 Å². The third-order valence-corrected chi connectivity index (χ3v) is 4.12. The molecule has 2 aromatic rings. The largest absolute Gasteiger partial charge is 0.372 e. The van der Waals surface area contributed by atoms with E-state index in [2.05, 4.69) is 54.7 Å². The normalized spacial score (nSPS) is 15.1. The van der Waals surface area contributed by atoms with Crippen molar-refractivity contribution in [2.24, 2.45) is 0 Å². The lowest BCUT2D eigenvalue weighted by Gasteiger charge is -2.14. The molecule has 0 radical (unpaired) electrons. The quantitative estimate of drug-likeness (QED) is 0.902. The van der Waals surface area contributed by atoms with Gasteiger partial charge < -0.3 is 10.1 Å². The van der Waals surface area contributed by atoms with Crippen molar-refractivity contribution in [2.75, 3.05) is 7.05 Å². The summed E-state index contributed by atoms with van der Waals surface area (Å²) in [5.74, 6) is 0. The van der Waals surface area contributed by atoms with Crippen LogP contribution in [0.5, 0.6) is 0 Å². The summed E-state index contributed by atoms with van der Waals surface area (Å²) < 4.78 is 5.48. The van der Waals surface area contributed by atoms with Gasteiger partial charge in [0, 0.05) is 6.04 Å². The fraction of sp³-hybridized carbons (Fsp3) is 0.333. The van der Waals surface area contributed by atoms with E-state index < -0.39 is 0 Å². The molecule has 2 nitrogen and oxygen atoms in total. The van der Waals surface area contributed by atoms with Crippen molar-refractivity contribution < 1.29 is 4.74 Å². The summed E-state index contributed by atoms with van der Waals surface area (Å²) in [5.41, 5.74) is 6.55. The molecule has 0 saturated carbocycles. The molecule has 0 amide bonds. The fourth-order valence-electron chi connectivity index (χ4n) is 2.87. The number of ether oxygens (including phenoxy) is 1. The molecule has 20 heavy (non-hydrogen) atoms. The zero-order valence-electron chi connectivity index (χ0n) is 12.1. The van der Waals surface area contributed by atoms with Gasteiger partial charge in [0.25, 0.3) is 0 Å². The van der Waals surface area contributed by atoms with Crippen LogP contribution in [0.2, 0.25) is 0 Å². The minimum Gasteiger partial charge on any atom is -0.372 e. The first-order chi connectivity index (χ1) is 9.81. The number of hydrogen-bond donors (Lipinski definition) is 1. The highest BCUT2D eigenvalue weighted by Gasteiger charge is 2.12. The van der Waals surface area contributed by atoms with Crippen molar-refractivity contribution in [3.8, 4) is 11.1 Å². The summed E-state index contributed by atoms with van der Waals surface area (Å²) in [4.78, 5) is 0. The molecule has 0 fully saturated rings. The third-order valence-electron chi connectivity index (χ3n) is 4.12. The van der Waals surface area contributed by atoms with Crippen LogP contribution in [0.15, 0.2) is 42.5 Å². The van der Waals surface area contributed by atoms with Gasteiger partial charge in [0.2, 0.25) is 0 Å². The van der Waals surface area contributed by atoms with E-state index in [1.54, 1.807) is 0 Å². The summed E-state index contributed by atoms with van der Waals surface area (Å²) in [7, 11) is 2.02. The van der Waals surface area contributed by atoms with Gasteiger partial charge in [0.05, 0.1) is 13.2 Å². The van der Waals surface area contributed by atoms with Gasteiger partial charge in [0.15, 0.2) is 0 Å². The predicted octanol–water partition coefficient (Wildman–Crippen LogP) is 4.05. The minimum atomic E-state index is 0.442. The van der Waals surface area contributed by atoms with E-state index in [1.807, 2.05) is 7.05 Å². The van der Waals surface area contributed by atoms with Crippen molar-refractivity contribution in [1.82, 2.24) is 5.32 Å². The summed E-state index contributed by atoms with van der Waals surface area (Å²) in [6.07, 6.45) is 1.10. The smallest absolute Gasteiger partial charge is 0.0725 e. The molecule has 2 heteroatoms. The highest BCUT2D eigenvalue weighted by Crippen LogP contribution is 2.28. The molecule has 0 saturated heterocycles. The summed E-state index contributed by atoms with van der Waals surface area (Å²) in [6, 6.07) is 16.0. The summed E-state index contributed by atoms with van der Waals surface area (Å²) in [6.45, 7) is 3.71. The van der Waals surface area contributed by atoms with Crippen LogP contribution in [-0.2, 0) is 18.0 Å². The van der Waals surface area contributed by atoms with E-state index in [0.717, 1.165) is 19.6 Å². The fourth-order valence-corrected chi connectivity index (χ4v) is 2.87. The Morgan fingerprint density at radius 1 is 1.00 bits per heavy atom. The van der Waals surface area contributed by atoms with E-state index in [0.29, 0.717) is 6.04 Å². The van der Waals surface area contributed by atoms with Gasteiger partial charge in [-0.25, -0.2) is 0 Å². The van der Waals surface area contributed by atoms with Crippen LogP contribution in [0.3, 0.4) is 0 Å².